The van der Waals surface area contributed by atoms with Gasteiger partial charge in [0.05, 0.1) is 39.5 Å². The Hall–Kier alpha value is -3.82. The van der Waals surface area contributed by atoms with Crippen LogP contribution >= 0.6 is 0 Å². The molecule has 9 heteroatoms. The summed E-state index contributed by atoms with van der Waals surface area (Å²) in [5, 5.41) is 9.01. The molecule has 0 saturated carbocycles. The van der Waals surface area contributed by atoms with E-state index in [2.05, 4.69) is 6.58 Å². The smallest absolute Gasteiger partial charge is 0.263 e. The summed E-state index contributed by atoms with van der Waals surface area (Å²) in [5.74, 6) is 0. The number of ether oxygens (including phenoxy) is 1. The molecule has 0 fully saturated rings. The zero-order valence-corrected chi connectivity index (χ0v) is 16.4. The maximum Gasteiger partial charge on any atom is 0.263 e. The van der Waals surface area contributed by atoms with Gasteiger partial charge in [-0.15, -0.1) is 0 Å². The SMILES string of the molecule is C=CC(O)OCCCn1c(=O)c2c(N)c3c(=O)c4ccccc4c(=O)c3c(N)c2c1=O. The number of nitrogen functional groups attached to an aromatic ring is 2. The lowest BCUT2D eigenvalue weighted by Crippen LogP contribution is -2.26. The molecule has 0 spiro atoms. The van der Waals surface area contributed by atoms with E-state index in [4.69, 9.17) is 16.2 Å². The Morgan fingerprint density at radius 2 is 1.42 bits per heavy atom. The fraction of sp³-hybridized carbons (Fsp3) is 0.182. The summed E-state index contributed by atoms with van der Waals surface area (Å²) in [6, 6.07) is 6.23. The fourth-order valence-electron chi connectivity index (χ4n) is 3.91. The first-order valence-corrected chi connectivity index (χ1v) is 9.51. The highest BCUT2D eigenvalue weighted by Gasteiger charge is 2.25. The van der Waals surface area contributed by atoms with Crippen LogP contribution in [0.3, 0.4) is 0 Å². The molecule has 3 aromatic carbocycles. The Bertz CT molecular complexity index is 1470. The molecule has 0 amide bonds. The van der Waals surface area contributed by atoms with Crippen molar-refractivity contribution in [2.45, 2.75) is 19.3 Å². The molecule has 0 aliphatic heterocycles. The van der Waals surface area contributed by atoms with Gasteiger partial charge < -0.3 is 21.3 Å². The molecule has 158 valence electrons. The van der Waals surface area contributed by atoms with Crippen LogP contribution in [-0.2, 0) is 11.3 Å². The second kappa shape index (κ2) is 7.46. The first-order valence-electron chi connectivity index (χ1n) is 9.51. The number of aliphatic hydroxyl groups is 1. The topological polar surface area (TPSA) is 155 Å². The van der Waals surface area contributed by atoms with Gasteiger partial charge in [-0.2, -0.15) is 0 Å². The minimum absolute atomic E-state index is 0.0259. The quantitative estimate of drug-likeness (QED) is 0.101. The molecule has 0 aliphatic carbocycles. The summed E-state index contributed by atoms with van der Waals surface area (Å²) in [4.78, 5) is 52.0. The lowest BCUT2D eigenvalue weighted by atomic mass is 9.97. The molecule has 31 heavy (non-hydrogen) atoms. The molecular weight excluding hydrogens is 402 g/mol. The van der Waals surface area contributed by atoms with Crippen molar-refractivity contribution in [3.8, 4) is 0 Å². The van der Waals surface area contributed by atoms with Crippen LogP contribution < -0.4 is 33.4 Å². The second-order valence-corrected chi connectivity index (χ2v) is 7.14. The summed E-state index contributed by atoms with van der Waals surface area (Å²) in [6.07, 6.45) is 0.276. The monoisotopic (exact) mass is 421 g/mol. The van der Waals surface area contributed by atoms with Crippen molar-refractivity contribution < 1.29 is 9.84 Å². The third-order valence-electron chi connectivity index (χ3n) is 5.38. The Morgan fingerprint density at radius 3 is 1.87 bits per heavy atom. The van der Waals surface area contributed by atoms with E-state index in [1.807, 2.05) is 0 Å². The molecule has 1 heterocycles. The first-order chi connectivity index (χ1) is 14.8. The van der Waals surface area contributed by atoms with Crippen LogP contribution in [0.4, 0.5) is 11.4 Å². The largest absolute Gasteiger partial charge is 0.397 e. The molecule has 0 aliphatic rings. The highest BCUT2D eigenvalue weighted by atomic mass is 16.6. The van der Waals surface area contributed by atoms with Gasteiger partial charge in [0.15, 0.2) is 17.1 Å². The van der Waals surface area contributed by atoms with Crippen LogP contribution in [-0.4, -0.2) is 22.6 Å². The number of nitrogens with two attached hydrogens (primary N) is 2. The van der Waals surface area contributed by atoms with Crippen LogP contribution in [0.1, 0.15) is 6.42 Å². The van der Waals surface area contributed by atoms with E-state index in [-0.39, 0.29) is 63.3 Å². The number of benzene rings is 3. The number of aliphatic hydroxyl groups excluding tert-OH is 1. The van der Waals surface area contributed by atoms with Crippen molar-refractivity contribution in [1.82, 2.24) is 4.57 Å². The van der Waals surface area contributed by atoms with Gasteiger partial charge in [-0.3, -0.25) is 23.7 Å². The number of fused-ring (bicyclic) bond motifs is 3. The van der Waals surface area contributed by atoms with Gasteiger partial charge in [-0.05, 0) is 12.5 Å². The Labute approximate surface area is 174 Å². The number of rotatable bonds is 6. The van der Waals surface area contributed by atoms with Crippen LogP contribution in [0.15, 0.2) is 56.1 Å². The zero-order chi connectivity index (χ0) is 22.4. The van der Waals surface area contributed by atoms with Gasteiger partial charge in [-0.25, -0.2) is 0 Å². The van der Waals surface area contributed by atoms with Crippen molar-refractivity contribution in [2.24, 2.45) is 0 Å². The highest BCUT2D eigenvalue weighted by molar-refractivity contribution is 6.20. The number of hydrogen-bond acceptors (Lipinski definition) is 8. The molecule has 1 atom stereocenters. The van der Waals surface area contributed by atoms with Crippen molar-refractivity contribution in [1.29, 1.82) is 0 Å². The molecule has 1 aromatic heterocycles. The molecule has 4 rings (SSSR count). The summed E-state index contributed by atoms with van der Waals surface area (Å²) in [7, 11) is 0. The third-order valence-corrected chi connectivity index (χ3v) is 5.38. The van der Waals surface area contributed by atoms with Crippen LogP contribution in [0.5, 0.6) is 0 Å². The Kier molecular flexibility index (Phi) is 4.92. The van der Waals surface area contributed by atoms with Crippen LogP contribution in [0, 0.1) is 0 Å². The minimum Gasteiger partial charge on any atom is -0.397 e. The molecule has 1 unspecified atom stereocenters. The lowest BCUT2D eigenvalue weighted by molar-refractivity contribution is -0.0652. The van der Waals surface area contributed by atoms with E-state index < -0.39 is 28.3 Å². The first kappa shape index (κ1) is 20.5. The summed E-state index contributed by atoms with van der Waals surface area (Å²) in [6.45, 7) is 3.41. The normalized spacial score (nSPS) is 12.7. The van der Waals surface area contributed by atoms with Crippen LogP contribution in [0.2, 0.25) is 0 Å². The molecule has 4 aromatic rings. The average Bonchev–Trinajstić information content (AvgIpc) is 3.02. The lowest BCUT2D eigenvalue weighted by Gasteiger charge is -2.07. The van der Waals surface area contributed by atoms with Crippen molar-refractivity contribution in [2.75, 3.05) is 18.1 Å². The van der Waals surface area contributed by atoms with Gasteiger partial charge in [0.25, 0.3) is 11.1 Å². The number of aromatic nitrogens is 1. The highest BCUT2D eigenvalue weighted by Crippen LogP contribution is 2.31. The minimum atomic E-state index is -1.15. The number of anilines is 2. The molecule has 9 nitrogen and oxygen atoms in total. The number of nitrogens with zero attached hydrogens (tertiary/aromatic N) is 1. The van der Waals surface area contributed by atoms with E-state index in [0.717, 1.165) is 4.57 Å². The predicted octanol–water partition coefficient (Wildman–Crippen LogP) is 0.340. The van der Waals surface area contributed by atoms with Crippen molar-refractivity contribution >= 4 is 43.7 Å². The molecule has 0 radical (unpaired) electrons. The van der Waals surface area contributed by atoms with E-state index in [1.165, 1.54) is 18.2 Å². The van der Waals surface area contributed by atoms with Gasteiger partial charge in [0.2, 0.25) is 0 Å². The average molecular weight is 421 g/mol. The maximum absolute atomic E-state index is 13.1. The summed E-state index contributed by atoms with van der Waals surface area (Å²) in [5.41, 5.74) is 9.42. The Morgan fingerprint density at radius 1 is 0.935 bits per heavy atom. The van der Waals surface area contributed by atoms with Crippen molar-refractivity contribution in [3.05, 3.63) is 78.1 Å². The third kappa shape index (κ3) is 2.94. The molecule has 5 N–H and O–H groups in total. The molecular formula is C22H19N3O6. The van der Waals surface area contributed by atoms with E-state index in [1.54, 1.807) is 12.1 Å². The van der Waals surface area contributed by atoms with Gasteiger partial charge in [-0.1, -0.05) is 30.8 Å². The van der Waals surface area contributed by atoms with E-state index in [0.29, 0.717) is 0 Å². The predicted molar refractivity (Wildman–Crippen MR) is 120 cm³/mol. The standard InChI is InChI=1S/C22H19N3O6/c1-2-12(26)31-9-5-8-25-21(29)15-16(22(25)30)18(24)14-13(17(15)23)19(27)10-6-3-4-7-11(10)20(14)28/h2-4,6-7,12,26H,1,5,8-9,23-24H2. The molecule has 0 saturated heterocycles. The van der Waals surface area contributed by atoms with Gasteiger partial charge >= 0.3 is 0 Å². The van der Waals surface area contributed by atoms with Crippen molar-refractivity contribution in [3.63, 3.8) is 0 Å². The fourth-order valence-corrected chi connectivity index (χ4v) is 3.91. The van der Waals surface area contributed by atoms with Gasteiger partial charge in [0, 0.05) is 17.3 Å². The van der Waals surface area contributed by atoms with Gasteiger partial charge in [0.1, 0.15) is 0 Å². The summed E-state index contributed by atoms with van der Waals surface area (Å²) < 4.78 is 5.98. The second-order valence-electron chi connectivity index (χ2n) is 7.14. The number of hydrogen-bond donors (Lipinski definition) is 3. The Balaban J connectivity index is 2.00. The van der Waals surface area contributed by atoms with E-state index >= 15 is 0 Å². The molecule has 0 bridgehead atoms. The zero-order valence-electron chi connectivity index (χ0n) is 16.4. The summed E-state index contributed by atoms with van der Waals surface area (Å²) >= 11 is 0. The van der Waals surface area contributed by atoms with Crippen LogP contribution in [0.25, 0.3) is 32.3 Å². The maximum atomic E-state index is 13.1. The van der Waals surface area contributed by atoms with E-state index in [9.17, 15) is 24.3 Å².